The Kier molecular flexibility index (Phi) is 5.49. The van der Waals surface area contributed by atoms with Gasteiger partial charge in [0.15, 0.2) is 5.82 Å². The summed E-state index contributed by atoms with van der Waals surface area (Å²) < 4.78 is 20.2. The van der Waals surface area contributed by atoms with E-state index in [-0.39, 0.29) is 11.6 Å². The molecule has 0 unspecified atom stereocenters. The number of hydrogen-bond donors (Lipinski definition) is 1. The van der Waals surface area contributed by atoms with Crippen LogP contribution >= 0.6 is 0 Å². The number of nitrogens with zero attached hydrogens (tertiary/aromatic N) is 3. The van der Waals surface area contributed by atoms with Crippen LogP contribution in [0.4, 0.5) is 10.1 Å². The lowest BCUT2D eigenvalue weighted by Gasteiger charge is -2.10. The summed E-state index contributed by atoms with van der Waals surface area (Å²) in [6, 6.07) is 18.8. The van der Waals surface area contributed by atoms with E-state index in [0.717, 1.165) is 16.8 Å². The maximum atomic E-state index is 13.4. The lowest BCUT2D eigenvalue weighted by Crippen LogP contribution is -2.14. The standard InChI is InChI=1S/C24H21FN4O2/c1-15-4-13-21(16(2)14-15)29-23(17-5-7-18(25)8-6-17)27-22(28-29)24(30)26-19-9-11-20(31-3)12-10-19/h4-14H,1-3H3,(H,26,30). The predicted octanol–water partition coefficient (Wildman–Crippen LogP) is 4.95. The second kappa shape index (κ2) is 8.39. The summed E-state index contributed by atoms with van der Waals surface area (Å²) >= 11 is 0. The number of carbonyl (C=O) groups excluding carboxylic acids is 1. The highest BCUT2D eigenvalue weighted by atomic mass is 19.1. The van der Waals surface area contributed by atoms with E-state index in [4.69, 9.17) is 4.74 Å². The van der Waals surface area contributed by atoms with Crippen molar-refractivity contribution in [3.05, 3.63) is 89.5 Å². The molecule has 6 nitrogen and oxygen atoms in total. The molecule has 1 N–H and O–H groups in total. The molecule has 1 aromatic heterocycles. The van der Waals surface area contributed by atoms with Crippen LogP contribution in [0.3, 0.4) is 0 Å². The summed E-state index contributed by atoms with van der Waals surface area (Å²) in [6.07, 6.45) is 0. The first-order chi connectivity index (χ1) is 14.9. The lowest BCUT2D eigenvalue weighted by atomic mass is 10.1. The lowest BCUT2D eigenvalue weighted by molar-refractivity contribution is 0.101. The summed E-state index contributed by atoms with van der Waals surface area (Å²) in [5.41, 5.74) is 4.13. The molecule has 7 heteroatoms. The Balaban J connectivity index is 1.74. The molecule has 0 saturated heterocycles. The monoisotopic (exact) mass is 416 g/mol. The van der Waals surface area contributed by atoms with Crippen molar-refractivity contribution in [1.29, 1.82) is 0 Å². The molecule has 0 spiro atoms. The minimum atomic E-state index is -0.447. The molecule has 0 atom stereocenters. The van der Waals surface area contributed by atoms with Gasteiger partial charge in [0, 0.05) is 11.3 Å². The molecule has 0 aliphatic heterocycles. The Morgan fingerprint density at radius 2 is 1.71 bits per heavy atom. The molecule has 0 saturated carbocycles. The van der Waals surface area contributed by atoms with Crippen LogP contribution < -0.4 is 10.1 Å². The number of anilines is 1. The van der Waals surface area contributed by atoms with Crippen molar-refractivity contribution in [2.24, 2.45) is 0 Å². The molecule has 0 radical (unpaired) electrons. The fraction of sp³-hybridized carbons (Fsp3) is 0.125. The van der Waals surface area contributed by atoms with E-state index < -0.39 is 5.91 Å². The number of aromatic nitrogens is 3. The zero-order chi connectivity index (χ0) is 22.0. The van der Waals surface area contributed by atoms with Gasteiger partial charge in [-0.25, -0.2) is 14.1 Å². The number of ether oxygens (including phenoxy) is 1. The van der Waals surface area contributed by atoms with Crippen LogP contribution in [0.15, 0.2) is 66.7 Å². The first-order valence-electron chi connectivity index (χ1n) is 9.70. The van der Waals surface area contributed by atoms with Gasteiger partial charge in [-0.1, -0.05) is 17.7 Å². The Bertz CT molecular complexity index is 1230. The molecule has 1 heterocycles. The summed E-state index contributed by atoms with van der Waals surface area (Å²) in [7, 11) is 1.58. The number of hydrogen-bond acceptors (Lipinski definition) is 4. The highest BCUT2D eigenvalue weighted by Crippen LogP contribution is 2.25. The maximum absolute atomic E-state index is 13.4. The van der Waals surface area contributed by atoms with Crippen molar-refractivity contribution in [2.45, 2.75) is 13.8 Å². The number of halogens is 1. The van der Waals surface area contributed by atoms with Gasteiger partial charge in [-0.05, 0) is 74.0 Å². The summed E-state index contributed by atoms with van der Waals surface area (Å²) in [6.45, 7) is 3.97. The maximum Gasteiger partial charge on any atom is 0.295 e. The third kappa shape index (κ3) is 4.30. The average Bonchev–Trinajstić information content (AvgIpc) is 3.20. The Hall–Kier alpha value is -4.00. The first kappa shape index (κ1) is 20.3. The topological polar surface area (TPSA) is 69.0 Å². The van der Waals surface area contributed by atoms with E-state index in [1.165, 1.54) is 12.1 Å². The van der Waals surface area contributed by atoms with Crippen LogP contribution in [0.2, 0.25) is 0 Å². The normalized spacial score (nSPS) is 10.7. The molecule has 31 heavy (non-hydrogen) atoms. The van der Waals surface area contributed by atoms with Crippen molar-refractivity contribution in [2.75, 3.05) is 12.4 Å². The summed E-state index contributed by atoms with van der Waals surface area (Å²) in [5, 5.41) is 7.27. The molecule has 4 rings (SSSR count). The third-order valence-electron chi connectivity index (χ3n) is 4.84. The van der Waals surface area contributed by atoms with Gasteiger partial charge >= 0.3 is 0 Å². The largest absolute Gasteiger partial charge is 0.497 e. The molecule has 0 aliphatic carbocycles. The van der Waals surface area contributed by atoms with Gasteiger partial charge in [-0.3, -0.25) is 4.79 Å². The molecule has 0 aliphatic rings. The predicted molar refractivity (Wildman–Crippen MR) is 117 cm³/mol. The number of carbonyl (C=O) groups is 1. The molecular formula is C24H21FN4O2. The van der Waals surface area contributed by atoms with E-state index in [2.05, 4.69) is 15.4 Å². The average molecular weight is 416 g/mol. The van der Waals surface area contributed by atoms with Crippen LogP contribution in [-0.2, 0) is 0 Å². The molecule has 3 aromatic carbocycles. The number of benzene rings is 3. The van der Waals surface area contributed by atoms with Gasteiger partial charge in [0.2, 0.25) is 5.82 Å². The second-order valence-corrected chi connectivity index (χ2v) is 7.15. The smallest absolute Gasteiger partial charge is 0.295 e. The first-order valence-corrected chi connectivity index (χ1v) is 9.70. The minimum absolute atomic E-state index is 0.00937. The molecule has 0 fully saturated rings. The Morgan fingerprint density at radius 3 is 2.35 bits per heavy atom. The Labute approximate surface area is 179 Å². The number of nitrogens with one attached hydrogen (secondary N) is 1. The van der Waals surface area contributed by atoms with Gasteiger partial charge in [0.05, 0.1) is 12.8 Å². The molecule has 1 amide bonds. The van der Waals surface area contributed by atoms with Gasteiger partial charge < -0.3 is 10.1 Å². The van der Waals surface area contributed by atoms with Crippen molar-refractivity contribution in [3.63, 3.8) is 0 Å². The van der Waals surface area contributed by atoms with Crippen molar-refractivity contribution in [1.82, 2.24) is 14.8 Å². The number of aryl methyl sites for hydroxylation is 2. The quantitative estimate of drug-likeness (QED) is 0.500. The summed E-state index contributed by atoms with van der Waals surface area (Å²) in [4.78, 5) is 17.3. The van der Waals surface area contributed by atoms with Crippen molar-refractivity contribution >= 4 is 11.6 Å². The van der Waals surface area contributed by atoms with Crippen molar-refractivity contribution < 1.29 is 13.9 Å². The number of methoxy groups -OCH3 is 1. The second-order valence-electron chi connectivity index (χ2n) is 7.15. The van der Waals surface area contributed by atoms with Crippen molar-refractivity contribution in [3.8, 4) is 22.8 Å². The molecule has 0 bridgehead atoms. The SMILES string of the molecule is COc1ccc(NC(=O)c2nc(-c3ccc(F)cc3)n(-c3ccc(C)cc3C)n2)cc1. The molecule has 4 aromatic rings. The molecule has 156 valence electrons. The van der Waals surface area contributed by atoms with E-state index in [9.17, 15) is 9.18 Å². The van der Waals surface area contributed by atoms with Crippen LogP contribution in [-0.4, -0.2) is 27.8 Å². The van der Waals surface area contributed by atoms with Gasteiger partial charge in [0.1, 0.15) is 11.6 Å². The minimum Gasteiger partial charge on any atom is -0.497 e. The number of rotatable bonds is 5. The fourth-order valence-corrected chi connectivity index (χ4v) is 3.27. The van der Waals surface area contributed by atoms with Crippen LogP contribution in [0.5, 0.6) is 5.75 Å². The highest BCUT2D eigenvalue weighted by Gasteiger charge is 2.20. The van der Waals surface area contributed by atoms with Crippen LogP contribution in [0.25, 0.3) is 17.1 Å². The molecular weight excluding hydrogens is 395 g/mol. The van der Waals surface area contributed by atoms with E-state index in [1.54, 1.807) is 48.2 Å². The Morgan fingerprint density at radius 1 is 1.00 bits per heavy atom. The van der Waals surface area contributed by atoms with Crippen LogP contribution in [0, 0.1) is 19.7 Å². The van der Waals surface area contributed by atoms with E-state index in [1.807, 2.05) is 32.0 Å². The van der Waals surface area contributed by atoms with E-state index in [0.29, 0.717) is 22.8 Å². The zero-order valence-corrected chi connectivity index (χ0v) is 17.4. The van der Waals surface area contributed by atoms with Gasteiger partial charge in [-0.2, -0.15) is 0 Å². The summed E-state index contributed by atoms with van der Waals surface area (Å²) in [5.74, 6) is 0.353. The third-order valence-corrected chi connectivity index (χ3v) is 4.84. The zero-order valence-electron chi connectivity index (χ0n) is 17.4. The van der Waals surface area contributed by atoms with Gasteiger partial charge in [0.25, 0.3) is 5.91 Å². The van der Waals surface area contributed by atoms with Gasteiger partial charge in [-0.15, -0.1) is 5.10 Å². The van der Waals surface area contributed by atoms with Crippen LogP contribution in [0.1, 0.15) is 21.7 Å². The highest BCUT2D eigenvalue weighted by molar-refractivity contribution is 6.01. The fourth-order valence-electron chi connectivity index (χ4n) is 3.27. The van der Waals surface area contributed by atoms with E-state index >= 15 is 0 Å². The number of amides is 1.